The minimum atomic E-state index is -0.166. The maximum atomic E-state index is 6.15. The Morgan fingerprint density at radius 2 is 1.32 bits per heavy atom. The zero-order chi connectivity index (χ0) is 14.7. The smallest absolute Gasteiger partial charge is 0.403 e. The molecule has 0 bridgehead atoms. The highest BCUT2D eigenvalue weighted by molar-refractivity contribution is 7.37. The van der Waals surface area contributed by atoms with Crippen LogP contribution in [0.15, 0.2) is 0 Å². The lowest BCUT2D eigenvalue weighted by Gasteiger charge is -2.32. The molecule has 0 amide bonds. The Bertz CT molecular complexity index is 257. The Morgan fingerprint density at radius 1 is 0.895 bits per heavy atom. The average molecular weight is 286 g/mol. The molecule has 2 nitrogen and oxygen atoms in total. The first kappa shape index (κ1) is 17.5. The van der Waals surface area contributed by atoms with Crippen LogP contribution in [0.4, 0.5) is 0 Å². The van der Waals surface area contributed by atoms with Gasteiger partial charge in [0.2, 0.25) is 0 Å². The number of hydrogen-bond acceptors (Lipinski definition) is 2. The molecule has 1 saturated heterocycles. The third kappa shape index (κ3) is 3.96. The van der Waals surface area contributed by atoms with Crippen LogP contribution < -0.4 is 0 Å². The van der Waals surface area contributed by atoms with Gasteiger partial charge in [0.05, 0.1) is 11.2 Å². The first-order valence-corrected chi connectivity index (χ1v) is 9.46. The van der Waals surface area contributed by atoms with E-state index in [4.69, 9.17) is 9.31 Å². The Labute approximate surface area is 122 Å². The predicted molar refractivity (Wildman–Crippen MR) is 87.7 cm³/mol. The van der Waals surface area contributed by atoms with Crippen molar-refractivity contribution in [3.8, 4) is 0 Å². The first-order chi connectivity index (χ1) is 8.86. The quantitative estimate of drug-likeness (QED) is 0.540. The summed E-state index contributed by atoms with van der Waals surface area (Å²) in [7, 11) is 1.13. The van der Waals surface area contributed by atoms with E-state index in [0.29, 0.717) is 5.82 Å². The Morgan fingerprint density at radius 3 is 1.68 bits per heavy atom. The first-order valence-electron chi connectivity index (χ1n) is 7.88. The van der Waals surface area contributed by atoms with E-state index in [0.717, 1.165) is 14.2 Å². The second-order valence-electron chi connectivity index (χ2n) is 6.53. The zero-order valence-corrected chi connectivity index (χ0v) is 14.9. The summed E-state index contributed by atoms with van der Waals surface area (Å²) in [6.45, 7) is 14.9. The molecular weight excluding hydrogens is 254 g/mol. The van der Waals surface area contributed by atoms with E-state index in [2.05, 4.69) is 34.4 Å². The molecule has 112 valence electrons. The van der Waals surface area contributed by atoms with E-state index in [1.807, 2.05) is 13.8 Å². The van der Waals surface area contributed by atoms with Crippen molar-refractivity contribution < 1.29 is 9.31 Å². The summed E-state index contributed by atoms with van der Waals surface area (Å²) in [5.41, 5.74) is 0.635. The van der Waals surface area contributed by atoms with E-state index >= 15 is 0 Å². The normalized spacial score (nSPS) is 33.3. The fourth-order valence-corrected chi connectivity index (χ4v) is 3.67. The third-order valence-corrected chi connectivity index (χ3v) is 6.23. The summed E-state index contributed by atoms with van der Waals surface area (Å²) in [6, 6.07) is 0. The second kappa shape index (κ2) is 6.92. The van der Waals surface area contributed by atoms with E-state index in [1.54, 1.807) is 0 Å². The predicted octanol–water partition coefficient (Wildman–Crippen LogP) is 4.73. The molecule has 1 heterocycles. The van der Waals surface area contributed by atoms with E-state index in [-0.39, 0.29) is 18.3 Å². The van der Waals surface area contributed by atoms with E-state index < -0.39 is 0 Å². The average Bonchev–Trinajstić information content (AvgIpc) is 2.61. The molecule has 2 rings (SSSR count). The Kier molecular flexibility index (Phi) is 6.36. The SMILES string of the molecule is CC.CPC1CCC(B2OC(C)(C)C(C)(C)O2)CC1. The van der Waals surface area contributed by atoms with Crippen LogP contribution >= 0.6 is 8.58 Å². The maximum absolute atomic E-state index is 6.15. The van der Waals surface area contributed by atoms with Gasteiger partial charge in [0.25, 0.3) is 0 Å². The maximum Gasteiger partial charge on any atom is 0.461 e. The van der Waals surface area contributed by atoms with Crippen molar-refractivity contribution in [3.05, 3.63) is 0 Å². The topological polar surface area (TPSA) is 18.5 Å². The van der Waals surface area contributed by atoms with Crippen molar-refractivity contribution in [2.75, 3.05) is 6.66 Å². The number of hydrogen-bond donors (Lipinski definition) is 0. The van der Waals surface area contributed by atoms with Crippen LogP contribution in [0.3, 0.4) is 0 Å². The van der Waals surface area contributed by atoms with Crippen LogP contribution in [0.1, 0.15) is 67.2 Å². The van der Waals surface area contributed by atoms with E-state index in [9.17, 15) is 0 Å². The minimum absolute atomic E-state index is 0.0288. The zero-order valence-electron chi connectivity index (χ0n) is 13.9. The van der Waals surface area contributed by atoms with Crippen molar-refractivity contribution in [1.82, 2.24) is 0 Å². The summed E-state index contributed by atoms with van der Waals surface area (Å²) in [5, 5.41) is 0. The van der Waals surface area contributed by atoms with Crippen LogP contribution in [0.25, 0.3) is 0 Å². The molecule has 1 saturated carbocycles. The Balaban J connectivity index is 0.000000861. The van der Waals surface area contributed by atoms with Crippen LogP contribution in [0.2, 0.25) is 5.82 Å². The molecule has 0 aromatic carbocycles. The van der Waals surface area contributed by atoms with Gasteiger partial charge in [-0.05, 0) is 58.7 Å². The van der Waals surface area contributed by atoms with Gasteiger partial charge in [0.1, 0.15) is 0 Å². The van der Waals surface area contributed by atoms with Crippen molar-refractivity contribution in [2.45, 2.75) is 89.9 Å². The number of rotatable bonds is 2. The highest BCUT2D eigenvalue weighted by Gasteiger charge is 2.53. The Hall–Kier alpha value is 0.415. The van der Waals surface area contributed by atoms with Gasteiger partial charge < -0.3 is 9.31 Å². The summed E-state index contributed by atoms with van der Waals surface area (Å²) in [5.74, 6) is 0.614. The highest BCUT2D eigenvalue weighted by Crippen LogP contribution is 2.45. The van der Waals surface area contributed by atoms with Crippen molar-refractivity contribution in [3.63, 3.8) is 0 Å². The van der Waals surface area contributed by atoms with Gasteiger partial charge in [-0.15, -0.1) is 8.58 Å². The van der Waals surface area contributed by atoms with Gasteiger partial charge in [-0.3, -0.25) is 0 Å². The lowest BCUT2D eigenvalue weighted by atomic mass is 9.64. The van der Waals surface area contributed by atoms with Gasteiger partial charge in [0, 0.05) is 0 Å². The van der Waals surface area contributed by atoms with Crippen molar-refractivity contribution in [2.24, 2.45) is 0 Å². The van der Waals surface area contributed by atoms with Crippen LogP contribution in [-0.4, -0.2) is 30.6 Å². The van der Waals surface area contributed by atoms with Gasteiger partial charge in [-0.25, -0.2) is 0 Å². The largest absolute Gasteiger partial charge is 0.461 e. The molecule has 0 aromatic heterocycles. The molecule has 19 heavy (non-hydrogen) atoms. The lowest BCUT2D eigenvalue weighted by molar-refractivity contribution is 0.00578. The minimum Gasteiger partial charge on any atom is -0.403 e. The lowest BCUT2D eigenvalue weighted by Crippen LogP contribution is -2.41. The van der Waals surface area contributed by atoms with Crippen LogP contribution in [0.5, 0.6) is 0 Å². The molecule has 0 radical (unpaired) electrons. The molecule has 1 aliphatic heterocycles. The van der Waals surface area contributed by atoms with Gasteiger partial charge in [-0.2, -0.15) is 0 Å². The molecule has 0 aromatic rings. The van der Waals surface area contributed by atoms with Gasteiger partial charge in [0.15, 0.2) is 0 Å². The fraction of sp³-hybridized carbons (Fsp3) is 1.00. The standard InChI is InChI=1S/C13H26BO2P.C2H6/c1-12(2)13(3,4)16-14(15-12)10-6-8-11(17-5)9-7-10;1-2/h10-11,17H,6-9H2,1-5H3;1-2H3. The molecular formula is C15H32BO2P. The van der Waals surface area contributed by atoms with Crippen molar-refractivity contribution in [1.29, 1.82) is 0 Å². The fourth-order valence-electron chi connectivity index (χ4n) is 2.76. The van der Waals surface area contributed by atoms with Gasteiger partial charge >= 0.3 is 7.12 Å². The van der Waals surface area contributed by atoms with Crippen LogP contribution in [-0.2, 0) is 9.31 Å². The van der Waals surface area contributed by atoms with Gasteiger partial charge in [-0.1, -0.05) is 26.7 Å². The molecule has 0 N–H and O–H groups in total. The molecule has 1 atom stereocenters. The molecule has 2 fully saturated rings. The summed E-state index contributed by atoms with van der Waals surface area (Å²) in [4.78, 5) is 0. The van der Waals surface area contributed by atoms with Crippen LogP contribution in [0, 0.1) is 0 Å². The summed E-state index contributed by atoms with van der Waals surface area (Å²) in [6.07, 6.45) is 5.29. The molecule has 0 spiro atoms. The summed E-state index contributed by atoms with van der Waals surface area (Å²) >= 11 is 0. The monoisotopic (exact) mass is 286 g/mol. The molecule has 1 aliphatic carbocycles. The third-order valence-electron chi connectivity index (χ3n) is 4.84. The summed E-state index contributed by atoms with van der Waals surface area (Å²) < 4.78 is 12.3. The molecule has 1 unspecified atom stereocenters. The molecule has 2 aliphatic rings. The van der Waals surface area contributed by atoms with Crippen molar-refractivity contribution >= 4 is 15.7 Å². The highest BCUT2D eigenvalue weighted by atomic mass is 31.1. The van der Waals surface area contributed by atoms with E-state index in [1.165, 1.54) is 25.7 Å². The second-order valence-corrected chi connectivity index (χ2v) is 7.92. The molecule has 4 heteroatoms.